The number of hydrogen-bond donors (Lipinski definition) is 2. The van der Waals surface area contributed by atoms with Crippen molar-refractivity contribution in [1.29, 1.82) is 0 Å². The lowest BCUT2D eigenvalue weighted by Crippen LogP contribution is -2.04. The van der Waals surface area contributed by atoms with Gasteiger partial charge in [-0.2, -0.15) is 0 Å². The number of nitrogen functional groups attached to an aromatic ring is 1. The lowest BCUT2D eigenvalue weighted by molar-refractivity contribution is 0.415. The third-order valence-electron chi connectivity index (χ3n) is 2.62. The Hall–Kier alpha value is -2.30. The Morgan fingerprint density at radius 2 is 2.00 bits per heavy atom. The summed E-state index contributed by atoms with van der Waals surface area (Å²) in [6.45, 7) is 4.06. The number of anilines is 3. The molecule has 0 saturated heterocycles. The first-order chi connectivity index (χ1) is 9.08. The predicted molar refractivity (Wildman–Crippen MR) is 76.8 cm³/mol. The molecule has 3 N–H and O–H groups in total. The zero-order valence-corrected chi connectivity index (χ0v) is 11.3. The van der Waals surface area contributed by atoms with Gasteiger partial charge in [-0.05, 0) is 12.1 Å². The lowest BCUT2D eigenvalue weighted by atomic mass is 10.2. The van der Waals surface area contributed by atoms with E-state index < -0.39 is 0 Å². The summed E-state index contributed by atoms with van der Waals surface area (Å²) < 4.78 is 5.18. The fourth-order valence-electron chi connectivity index (χ4n) is 1.66. The Morgan fingerprint density at radius 3 is 2.68 bits per heavy atom. The standard InChI is InChI=1S/C14H18N4O/c1-9(2)14-17-12(15)8-13(18-14)16-10-5-4-6-11(7-10)19-3/h4-9H,1-3H3,(H3,15,16,17,18). The molecule has 5 nitrogen and oxygen atoms in total. The molecule has 5 heteroatoms. The van der Waals surface area contributed by atoms with Crippen LogP contribution in [0.3, 0.4) is 0 Å². The van der Waals surface area contributed by atoms with E-state index in [1.165, 1.54) is 0 Å². The number of benzene rings is 1. The molecule has 0 aliphatic heterocycles. The highest BCUT2D eigenvalue weighted by molar-refractivity contribution is 5.60. The van der Waals surface area contributed by atoms with E-state index in [2.05, 4.69) is 15.3 Å². The minimum atomic E-state index is 0.231. The average Bonchev–Trinajstić information content (AvgIpc) is 2.38. The first-order valence-electron chi connectivity index (χ1n) is 6.14. The Bertz CT molecular complexity index is 569. The molecule has 1 aromatic carbocycles. The molecular weight excluding hydrogens is 240 g/mol. The third kappa shape index (κ3) is 3.34. The smallest absolute Gasteiger partial charge is 0.136 e. The second kappa shape index (κ2) is 5.56. The van der Waals surface area contributed by atoms with Crippen LogP contribution in [0.1, 0.15) is 25.6 Å². The van der Waals surface area contributed by atoms with Crippen LogP contribution in [0.4, 0.5) is 17.3 Å². The van der Waals surface area contributed by atoms with Gasteiger partial charge in [0.15, 0.2) is 0 Å². The van der Waals surface area contributed by atoms with Crippen molar-refractivity contribution in [3.8, 4) is 5.75 Å². The first-order valence-corrected chi connectivity index (χ1v) is 6.14. The number of rotatable bonds is 4. The second-order valence-electron chi connectivity index (χ2n) is 4.55. The summed E-state index contributed by atoms with van der Waals surface area (Å²) in [7, 11) is 1.64. The van der Waals surface area contributed by atoms with Crippen LogP contribution in [0, 0.1) is 0 Å². The predicted octanol–water partition coefficient (Wildman–Crippen LogP) is 2.93. The molecule has 2 rings (SSSR count). The van der Waals surface area contributed by atoms with Crippen LogP contribution in [0.15, 0.2) is 30.3 Å². The van der Waals surface area contributed by atoms with Gasteiger partial charge >= 0.3 is 0 Å². The summed E-state index contributed by atoms with van der Waals surface area (Å²) in [4.78, 5) is 8.65. The van der Waals surface area contributed by atoms with Gasteiger partial charge in [0.05, 0.1) is 7.11 Å². The fraction of sp³-hybridized carbons (Fsp3) is 0.286. The summed E-state index contributed by atoms with van der Waals surface area (Å²) in [6.07, 6.45) is 0. The molecule has 0 amide bonds. The number of methoxy groups -OCH3 is 1. The van der Waals surface area contributed by atoms with Gasteiger partial charge in [0.1, 0.15) is 23.2 Å². The molecule has 0 unspecified atom stereocenters. The summed E-state index contributed by atoms with van der Waals surface area (Å²) in [5.74, 6) is 2.89. The highest BCUT2D eigenvalue weighted by atomic mass is 16.5. The summed E-state index contributed by atoms with van der Waals surface area (Å²) in [5, 5.41) is 3.20. The number of nitrogens with two attached hydrogens (primary N) is 1. The fourth-order valence-corrected chi connectivity index (χ4v) is 1.66. The lowest BCUT2D eigenvalue weighted by Gasteiger charge is -2.10. The van der Waals surface area contributed by atoms with E-state index in [-0.39, 0.29) is 5.92 Å². The van der Waals surface area contributed by atoms with E-state index >= 15 is 0 Å². The molecule has 0 spiro atoms. The van der Waals surface area contributed by atoms with Crippen molar-refractivity contribution in [2.45, 2.75) is 19.8 Å². The normalized spacial score (nSPS) is 10.5. The molecular formula is C14H18N4O. The molecule has 0 aliphatic carbocycles. The zero-order valence-electron chi connectivity index (χ0n) is 11.3. The highest BCUT2D eigenvalue weighted by Crippen LogP contribution is 2.22. The van der Waals surface area contributed by atoms with Crippen molar-refractivity contribution in [2.24, 2.45) is 0 Å². The summed E-state index contributed by atoms with van der Waals surface area (Å²) in [5.41, 5.74) is 6.69. The van der Waals surface area contributed by atoms with Crippen molar-refractivity contribution in [2.75, 3.05) is 18.2 Å². The Morgan fingerprint density at radius 1 is 1.21 bits per heavy atom. The molecule has 0 saturated carbocycles. The molecule has 100 valence electrons. The van der Waals surface area contributed by atoms with Crippen LogP contribution in [0.2, 0.25) is 0 Å². The minimum absolute atomic E-state index is 0.231. The largest absolute Gasteiger partial charge is 0.497 e. The van der Waals surface area contributed by atoms with Crippen molar-refractivity contribution in [3.05, 3.63) is 36.2 Å². The number of aromatic nitrogens is 2. The van der Waals surface area contributed by atoms with E-state index in [1.54, 1.807) is 13.2 Å². The second-order valence-corrected chi connectivity index (χ2v) is 4.55. The molecule has 0 fully saturated rings. The maximum atomic E-state index is 5.79. The molecule has 2 aromatic rings. The van der Waals surface area contributed by atoms with E-state index in [0.717, 1.165) is 17.3 Å². The van der Waals surface area contributed by atoms with Crippen molar-refractivity contribution < 1.29 is 4.74 Å². The first kappa shape index (κ1) is 13.1. The van der Waals surface area contributed by atoms with Crippen LogP contribution in [0.5, 0.6) is 5.75 Å². The molecule has 1 aromatic heterocycles. The average molecular weight is 258 g/mol. The van der Waals surface area contributed by atoms with E-state index in [9.17, 15) is 0 Å². The van der Waals surface area contributed by atoms with Crippen LogP contribution in [-0.2, 0) is 0 Å². The molecule has 0 radical (unpaired) electrons. The topological polar surface area (TPSA) is 73.1 Å². The van der Waals surface area contributed by atoms with Gasteiger partial charge in [0.25, 0.3) is 0 Å². The van der Waals surface area contributed by atoms with Gasteiger partial charge < -0.3 is 15.8 Å². The van der Waals surface area contributed by atoms with E-state index in [4.69, 9.17) is 10.5 Å². The molecule has 0 bridgehead atoms. The van der Waals surface area contributed by atoms with Crippen molar-refractivity contribution >= 4 is 17.3 Å². The number of ether oxygens (including phenoxy) is 1. The molecule has 0 atom stereocenters. The van der Waals surface area contributed by atoms with Gasteiger partial charge in [-0.1, -0.05) is 19.9 Å². The molecule has 1 heterocycles. The van der Waals surface area contributed by atoms with Crippen LogP contribution in [-0.4, -0.2) is 17.1 Å². The Kier molecular flexibility index (Phi) is 3.85. The van der Waals surface area contributed by atoms with Gasteiger partial charge in [-0.15, -0.1) is 0 Å². The number of nitrogens with one attached hydrogen (secondary N) is 1. The third-order valence-corrected chi connectivity index (χ3v) is 2.62. The highest BCUT2D eigenvalue weighted by Gasteiger charge is 2.07. The number of hydrogen-bond acceptors (Lipinski definition) is 5. The quantitative estimate of drug-likeness (QED) is 0.882. The van der Waals surface area contributed by atoms with Crippen molar-refractivity contribution in [3.63, 3.8) is 0 Å². The maximum absolute atomic E-state index is 5.79. The van der Waals surface area contributed by atoms with E-state index in [1.807, 2.05) is 38.1 Å². The van der Waals surface area contributed by atoms with Gasteiger partial charge in [-0.25, -0.2) is 9.97 Å². The minimum Gasteiger partial charge on any atom is -0.497 e. The monoisotopic (exact) mass is 258 g/mol. The molecule has 0 aliphatic rings. The SMILES string of the molecule is COc1cccc(Nc2cc(N)nc(C(C)C)n2)c1. The Labute approximate surface area is 112 Å². The van der Waals surface area contributed by atoms with Gasteiger partial charge in [-0.3, -0.25) is 0 Å². The van der Waals surface area contributed by atoms with Crippen LogP contribution in [0.25, 0.3) is 0 Å². The summed E-state index contributed by atoms with van der Waals surface area (Å²) in [6, 6.07) is 9.35. The van der Waals surface area contributed by atoms with Crippen LogP contribution < -0.4 is 15.8 Å². The molecule has 19 heavy (non-hydrogen) atoms. The van der Waals surface area contributed by atoms with E-state index in [0.29, 0.717) is 11.6 Å². The number of nitrogens with zero attached hydrogens (tertiary/aromatic N) is 2. The van der Waals surface area contributed by atoms with Crippen molar-refractivity contribution in [1.82, 2.24) is 9.97 Å². The van der Waals surface area contributed by atoms with Crippen LogP contribution >= 0.6 is 0 Å². The zero-order chi connectivity index (χ0) is 13.8. The maximum Gasteiger partial charge on any atom is 0.136 e. The van der Waals surface area contributed by atoms with Gasteiger partial charge in [0, 0.05) is 23.7 Å². The van der Waals surface area contributed by atoms with Gasteiger partial charge in [0.2, 0.25) is 0 Å². The summed E-state index contributed by atoms with van der Waals surface area (Å²) >= 11 is 0. The Balaban J connectivity index is 2.27.